The topological polar surface area (TPSA) is 35.5 Å². The fourth-order valence-electron chi connectivity index (χ4n) is 2.43. The molecule has 1 fully saturated rings. The summed E-state index contributed by atoms with van der Waals surface area (Å²) < 4.78 is 24.3. The van der Waals surface area contributed by atoms with Crippen LogP contribution in [0.4, 0.5) is 4.39 Å². The highest BCUT2D eigenvalue weighted by atomic mass is 19.1. The molecule has 1 aromatic carbocycles. The number of hydrogen-bond acceptors (Lipinski definition) is 3. The van der Waals surface area contributed by atoms with Gasteiger partial charge in [0.1, 0.15) is 12.4 Å². The van der Waals surface area contributed by atoms with E-state index in [1.165, 1.54) is 12.1 Å². The number of carbonyl (C=O) groups is 1. The number of halogens is 1. The van der Waals surface area contributed by atoms with E-state index in [-0.39, 0.29) is 30.2 Å². The van der Waals surface area contributed by atoms with Crippen molar-refractivity contribution in [3.8, 4) is 0 Å². The molecule has 2 unspecified atom stereocenters. The van der Waals surface area contributed by atoms with Gasteiger partial charge in [0.25, 0.3) is 0 Å². The molecule has 3 nitrogen and oxygen atoms in total. The summed E-state index contributed by atoms with van der Waals surface area (Å²) in [6.45, 7) is -0.0674. The summed E-state index contributed by atoms with van der Waals surface area (Å²) in [6.07, 6.45) is 4.07. The Morgan fingerprint density at radius 2 is 2.05 bits per heavy atom. The molecule has 0 saturated heterocycles. The second kappa shape index (κ2) is 6.78. The van der Waals surface area contributed by atoms with Crippen molar-refractivity contribution in [1.82, 2.24) is 0 Å². The molecule has 0 radical (unpaired) electrons. The first-order valence-electron chi connectivity index (χ1n) is 6.63. The van der Waals surface area contributed by atoms with E-state index in [2.05, 4.69) is 0 Å². The van der Waals surface area contributed by atoms with E-state index in [0.717, 1.165) is 25.7 Å². The number of methoxy groups -OCH3 is 1. The summed E-state index contributed by atoms with van der Waals surface area (Å²) in [5.41, 5.74) is 0.0987. The lowest BCUT2D eigenvalue weighted by molar-refractivity contribution is -0.0243. The Bertz CT molecular complexity index is 433. The number of carbonyl (C=O) groups excluding carboxylic acids is 1. The van der Waals surface area contributed by atoms with Gasteiger partial charge in [-0.3, -0.25) is 4.79 Å². The number of ketones is 1. The molecule has 2 atom stereocenters. The Balaban J connectivity index is 1.85. The summed E-state index contributed by atoms with van der Waals surface area (Å²) in [4.78, 5) is 11.9. The molecular weight excluding hydrogens is 247 g/mol. The van der Waals surface area contributed by atoms with Crippen molar-refractivity contribution in [2.45, 2.75) is 37.9 Å². The minimum atomic E-state index is -0.491. The highest BCUT2D eigenvalue weighted by Gasteiger charge is 2.23. The zero-order valence-electron chi connectivity index (χ0n) is 11.1. The first-order chi connectivity index (χ1) is 9.20. The van der Waals surface area contributed by atoms with Crippen LogP contribution >= 0.6 is 0 Å². The quantitative estimate of drug-likeness (QED) is 0.769. The van der Waals surface area contributed by atoms with Crippen molar-refractivity contribution in [1.29, 1.82) is 0 Å². The van der Waals surface area contributed by atoms with Crippen LogP contribution in [-0.4, -0.2) is 31.7 Å². The molecule has 0 spiro atoms. The van der Waals surface area contributed by atoms with Gasteiger partial charge in [0.15, 0.2) is 5.78 Å². The van der Waals surface area contributed by atoms with Crippen LogP contribution in [0.2, 0.25) is 0 Å². The lowest BCUT2D eigenvalue weighted by atomic mass is 9.95. The predicted molar refractivity (Wildman–Crippen MR) is 69.7 cm³/mol. The van der Waals surface area contributed by atoms with Crippen molar-refractivity contribution >= 4 is 5.78 Å². The Morgan fingerprint density at radius 1 is 1.32 bits per heavy atom. The van der Waals surface area contributed by atoms with Gasteiger partial charge < -0.3 is 9.47 Å². The minimum absolute atomic E-state index is 0.0365. The molecule has 19 heavy (non-hydrogen) atoms. The van der Waals surface area contributed by atoms with Crippen LogP contribution in [0.5, 0.6) is 0 Å². The van der Waals surface area contributed by atoms with Gasteiger partial charge in [0.2, 0.25) is 0 Å². The second-order valence-corrected chi connectivity index (χ2v) is 4.86. The van der Waals surface area contributed by atoms with Gasteiger partial charge in [-0.15, -0.1) is 0 Å². The minimum Gasteiger partial charge on any atom is -0.381 e. The molecule has 0 amide bonds. The first kappa shape index (κ1) is 14.2. The third kappa shape index (κ3) is 3.85. The van der Waals surface area contributed by atoms with E-state index in [4.69, 9.17) is 9.47 Å². The predicted octanol–water partition coefficient (Wildman–Crippen LogP) is 2.98. The number of hydrogen-bond donors (Lipinski definition) is 0. The van der Waals surface area contributed by atoms with E-state index in [1.54, 1.807) is 19.2 Å². The molecule has 104 valence electrons. The number of Topliss-reactive ketones (excluding diaryl/α,β-unsaturated/α-hetero) is 1. The molecule has 0 aliphatic heterocycles. The molecule has 0 heterocycles. The Hall–Kier alpha value is -1.26. The summed E-state index contributed by atoms with van der Waals surface area (Å²) in [7, 11) is 1.69. The van der Waals surface area contributed by atoms with Gasteiger partial charge in [-0.1, -0.05) is 12.1 Å². The lowest BCUT2D eigenvalue weighted by Gasteiger charge is -2.27. The maximum absolute atomic E-state index is 13.4. The van der Waals surface area contributed by atoms with Crippen LogP contribution in [-0.2, 0) is 9.47 Å². The van der Waals surface area contributed by atoms with Crippen LogP contribution in [0.15, 0.2) is 24.3 Å². The summed E-state index contributed by atoms with van der Waals surface area (Å²) in [5.74, 6) is -0.799. The standard InChI is InChI=1S/C15H19FO3/c1-18-11-5-4-6-12(9-11)19-10-15(17)13-7-2-3-8-14(13)16/h2-3,7-8,11-12H,4-6,9-10H2,1H3. The van der Waals surface area contributed by atoms with Gasteiger partial charge in [-0.25, -0.2) is 4.39 Å². The highest BCUT2D eigenvalue weighted by molar-refractivity contribution is 5.97. The first-order valence-corrected chi connectivity index (χ1v) is 6.63. The Morgan fingerprint density at radius 3 is 2.79 bits per heavy atom. The van der Waals surface area contributed by atoms with Crippen molar-refractivity contribution < 1.29 is 18.7 Å². The van der Waals surface area contributed by atoms with E-state index in [9.17, 15) is 9.18 Å². The molecule has 1 saturated carbocycles. The molecule has 4 heteroatoms. The van der Waals surface area contributed by atoms with E-state index >= 15 is 0 Å². The van der Waals surface area contributed by atoms with Crippen LogP contribution in [0.1, 0.15) is 36.0 Å². The van der Waals surface area contributed by atoms with Crippen LogP contribution < -0.4 is 0 Å². The smallest absolute Gasteiger partial charge is 0.191 e. The number of ether oxygens (including phenoxy) is 2. The monoisotopic (exact) mass is 266 g/mol. The fraction of sp³-hybridized carbons (Fsp3) is 0.533. The maximum Gasteiger partial charge on any atom is 0.191 e. The van der Waals surface area contributed by atoms with Crippen molar-refractivity contribution in [3.05, 3.63) is 35.6 Å². The van der Waals surface area contributed by atoms with Gasteiger partial charge in [0.05, 0.1) is 17.8 Å². The fourth-order valence-corrected chi connectivity index (χ4v) is 2.43. The van der Waals surface area contributed by atoms with E-state index in [0.29, 0.717) is 0 Å². The summed E-state index contributed by atoms with van der Waals surface area (Å²) in [5, 5.41) is 0. The molecule has 2 rings (SSSR count). The van der Waals surface area contributed by atoms with Crippen LogP contribution in [0.25, 0.3) is 0 Å². The van der Waals surface area contributed by atoms with Crippen LogP contribution in [0.3, 0.4) is 0 Å². The van der Waals surface area contributed by atoms with Gasteiger partial charge >= 0.3 is 0 Å². The molecule has 0 N–H and O–H groups in total. The van der Waals surface area contributed by atoms with Crippen molar-refractivity contribution in [3.63, 3.8) is 0 Å². The normalized spacial score (nSPS) is 23.3. The van der Waals surface area contributed by atoms with E-state index < -0.39 is 5.82 Å². The average Bonchev–Trinajstić information content (AvgIpc) is 2.45. The zero-order valence-corrected chi connectivity index (χ0v) is 11.1. The van der Waals surface area contributed by atoms with Gasteiger partial charge in [-0.05, 0) is 37.8 Å². The zero-order chi connectivity index (χ0) is 13.7. The lowest BCUT2D eigenvalue weighted by Crippen LogP contribution is -2.29. The Labute approximate surface area is 112 Å². The SMILES string of the molecule is COC1CCCC(OCC(=O)c2ccccc2F)C1. The van der Waals surface area contributed by atoms with Crippen molar-refractivity contribution in [2.75, 3.05) is 13.7 Å². The second-order valence-electron chi connectivity index (χ2n) is 4.86. The van der Waals surface area contributed by atoms with Crippen LogP contribution in [0, 0.1) is 5.82 Å². The largest absolute Gasteiger partial charge is 0.381 e. The van der Waals surface area contributed by atoms with Gasteiger partial charge in [-0.2, -0.15) is 0 Å². The molecule has 1 aliphatic rings. The van der Waals surface area contributed by atoms with Crippen molar-refractivity contribution in [2.24, 2.45) is 0 Å². The summed E-state index contributed by atoms with van der Waals surface area (Å²) >= 11 is 0. The Kier molecular flexibility index (Phi) is 5.05. The van der Waals surface area contributed by atoms with Gasteiger partial charge in [0, 0.05) is 7.11 Å². The third-order valence-electron chi connectivity index (χ3n) is 3.54. The highest BCUT2D eigenvalue weighted by Crippen LogP contribution is 2.23. The summed E-state index contributed by atoms with van der Waals surface area (Å²) in [6, 6.07) is 5.99. The molecule has 1 aliphatic carbocycles. The molecule has 1 aromatic rings. The molecule has 0 bridgehead atoms. The third-order valence-corrected chi connectivity index (χ3v) is 3.54. The molecule has 0 aromatic heterocycles. The number of rotatable bonds is 5. The van der Waals surface area contributed by atoms with E-state index in [1.807, 2.05) is 0 Å². The number of benzene rings is 1. The molecular formula is C15H19FO3. The average molecular weight is 266 g/mol. The maximum atomic E-state index is 13.4.